The van der Waals surface area contributed by atoms with E-state index in [0.717, 1.165) is 43.7 Å². The molecule has 1 aliphatic rings. The van der Waals surface area contributed by atoms with Crippen LogP contribution in [-0.2, 0) is 16.1 Å². The first kappa shape index (κ1) is 20.1. The Hall–Kier alpha value is -2.24. The molecule has 2 rings (SSSR count). The maximum absolute atomic E-state index is 12.2. The van der Waals surface area contributed by atoms with Crippen LogP contribution >= 0.6 is 0 Å². The molecule has 1 saturated heterocycles. The predicted octanol–water partition coefficient (Wildman–Crippen LogP) is 2.75. The highest BCUT2D eigenvalue weighted by atomic mass is 16.5. The highest BCUT2D eigenvalue weighted by molar-refractivity contribution is 5.76. The minimum atomic E-state index is 0.0295. The van der Waals surface area contributed by atoms with Crippen molar-refractivity contribution < 1.29 is 19.1 Å². The second-order valence-electron chi connectivity index (χ2n) is 6.69. The van der Waals surface area contributed by atoms with Crippen molar-refractivity contribution in [1.29, 1.82) is 0 Å². The molecule has 0 saturated carbocycles. The number of likely N-dealkylation sites (tertiary alicyclic amines) is 1. The van der Waals surface area contributed by atoms with Crippen molar-refractivity contribution >= 4 is 11.8 Å². The summed E-state index contributed by atoms with van der Waals surface area (Å²) in [6.07, 6.45) is 3.97. The summed E-state index contributed by atoms with van der Waals surface area (Å²) in [5.41, 5.74) is 0.916. The lowest BCUT2D eigenvalue weighted by Gasteiger charge is -2.32. The number of ether oxygens (including phenoxy) is 2. The highest BCUT2D eigenvalue weighted by Crippen LogP contribution is 2.25. The van der Waals surface area contributed by atoms with Crippen molar-refractivity contribution in [3.8, 4) is 11.5 Å². The van der Waals surface area contributed by atoms with Gasteiger partial charge in [0.1, 0.15) is 11.5 Å². The minimum absolute atomic E-state index is 0.0295. The summed E-state index contributed by atoms with van der Waals surface area (Å²) in [6, 6.07) is 5.56. The molecule has 1 aromatic rings. The van der Waals surface area contributed by atoms with E-state index >= 15 is 0 Å². The van der Waals surface area contributed by atoms with Gasteiger partial charge in [-0.3, -0.25) is 9.59 Å². The number of rotatable bonds is 8. The van der Waals surface area contributed by atoms with Crippen LogP contribution in [0.1, 0.15) is 44.6 Å². The lowest BCUT2D eigenvalue weighted by molar-refractivity contribution is -0.132. The quantitative estimate of drug-likeness (QED) is 0.772. The zero-order valence-corrected chi connectivity index (χ0v) is 16.0. The molecule has 1 atom stereocenters. The van der Waals surface area contributed by atoms with Gasteiger partial charge in [0.15, 0.2) is 0 Å². The normalized spacial score (nSPS) is 16.9. The van der Waals surface area contributed by atoms with Crippen molar-refractivity contribution in [2.45, 2.75) is 45.6 Å². The molecule has 0 spiro atoms. The zero-order valence-electron chi connectivity index (χ0n) is 16.0. The third-order valence-corrected chi connectivity index (χ3v) is 4.92. The number of hydrogen-bond acceptors (Lipinski definition) is 4. The van der Waals surface area contributed by atoms with Crippen molar-refractivity contribution in [2.75, 3.05) is 27.3 Å². The van der Waals surface area contributed by atoms with Gasteiger partial charge in [0.05, 0.1) is 14.2 Å². The van der Waals surface area contributed by atoms with Gasteiger partial charge in [-0.05, 0) is 37.3 Å². The summed E-state index contributed by atoms with van der Waals surface area (Å²) in [5, 5.41) is 2.96. The van der Waals surface area contributed by atoms with Crippen molar-refractivity contribution in [3.63, 3.8) is 0 Å². The lowest BCUT2D eigenvalue weighted by Crippen LogP contribution is -2.39. The van der Waals surface area contributed by atoms with E-state index in [-0.39, 0.29) is 11.8 Å². The van der Waals surface area contributed by atoms with E-state index in [2.05, 4.69) is 5.32 Å². The first-order valence-corrected chi connectivity index (χ1v) is 9.32. The molecular weight excluding hydrogens is 332 g/mol. The molecule has 6 nitrogen and oxygen atoms in total. The molecule has 1 fully saturated rings. The summed E-state index contributed by atoms with van der Waals surface area (Å²) >= 11 is 0. The Morgan fingerprint density at radius 2 is 2.08 bits per heavy atom. The Bertz CT molecular complexity index is 618. The molecular formula is C20H30N2O4. The highest BCUT2D eigenvalue weighted by Gasteiger charge is 2.23. The van der Waals surface area contributed by atoms with Crippen LogP contribution in [0.25, 0.3) is 0 Å². The van der Waals surface area contributed by atoms with Gasteiger partial charge >= 0.3 is 0 Å². The van der Waals surface area contributed by atoms with Crippen LogP contribution in [0.3, 0.4) is 0 Å². The summed E-state index contributed by atoms with van der Waals surface area (Å²) in [4.78, 5) is 26.0. The number of benzene rings is 1. The van der Waals surface area contributed by atoms with Gasteiger partial charge < -0.3 is 19.7 Å². The second-order valence-corrected chi connectivity index (χ2v) is 6.69. The van der Waals surface area contributed by atoms with Crippen LogP contribution in [0.2, 0.25) is 0 Å². The Kier molecular flexibility index (Phi) is 7.75. The topological polar surface area (TPSA) is 67.9 Å². The smallest absolute Gasteiger partial charge is 0.222 e. The lowest BCUT2D eigenvalue weighted by atomic mass is 9.93. The number of hydrogen-bond donors (Lipinski definition) is 1. The van der Waals surface area contributed by atoms with Crippen molar-refractivity contribution in [1.82, 2.24) is 10.2 Å². The molecule has 1 heterocycles. The van der Waals surface area contributed by atoms with Gasteiger partial charge in [0.2, 0.25) is 11.8 Å². The number of methoxy groups -OCH3 is 2. The second kappa shape index (κ2) is 10.0. The first-order chi connectivity index (χ1) is 12.6. The number of amides is 2. The van der Waals surface area contributed by atoms with E-state index in [0.29, 0.717) is 31.1 Å². The average Bonchev–Trinajstić information content (AvgIpc) is 2.70. The number of carbonyl (C=O) groups is 2. The fourth-order valence-electron chi connectivity index (χ4n) is 3.37. The molecule has 2 amide bonds. The van der Waals surface area contributed by atoms with Crippen LogP contribution in [0, 0.1) is 5.92 Å². The molecule has 1 N–H and O–H groups in total. The molecule has 0 unspecified atom stereocenters. The monoisotopic (exact) mass is 362 g/mol. The van der Waals surface area contributed by atoms with E-state index in [4.69, 9.17) is 9.47 Å². The van der Waals surface area contributed by atoms with Gasteiger partial charge in [0, 0.05) is 44.1 Å². The fraction of sp³-hybridized carbons (Fsp3) is 0.600. The predicted molar refractivity (Wildman–Crippen MR) is 100 cm³/mol. The minimum Gasteiger partial charge on any atom is -0.497 e. The third kappa shape index (κ3) is 5.64. The number of piperidine rings is 1. The van der Waals surface area contributed by atoms with Gasteiger partial charge in [-0.15, -0.1) is 0 Å². The summed E-state index contributed by atoms with van der Waals surface area (Å²) in [5.74, 6) is 2.08. The van der Waals surface area contributed by atoms with Gasteiger partial charge in [-0.2, -0.15) is 0 Å². The maximum atomic E-state index is 12.2. The van der Waals surface area contributed by atoms with Crippen LogP contribution in [0.4, 0.5) is 0 Å². The molecule has 0 radical (unpaired) electrons. The van der Waals surface area contributed by atoms with Crippen molar-refractivity contribution in [2.24, 2.45) is 5.92 Å². The summed E-state index contributed by atoms with van der Waals surface area (Å²) in [7, 11) is 3.21. The molecule has 144 valence electrons. The number of carbonyl (C=O) groups excluding carboxylic acids is 2. The summed E-state index contributed by atoms with van der Waals surface area (Å²) < 4.78 is 10.5. The van der Waals surface area contributed by atoms with Crippen molar-refractivity contribution in [3.05, 3.63) is 23.8 Å². The Balaban J connectivity index is 1.78. The van der Waals surface area contributed by atoms with E-state index < -0.39 is 0 Å². The molecule has 0 aromatic heterocycles. The first-order valence-electron chi connectivity index (χ1n) is 9.32. The van der Waals surface area contributed by atoms with Crippen LogP contribution in [0.5, 0.6) is 11.5 Å². The third-order valence-electron chi connectivity index (χ3n) is 4.92. The molecule has 26 heavy (non-hydrogen) atoms. The maximum Gasteiger partial charge on any atom is 0.222 e. The Labute approximate surface area is 155 Å². The number of nitrogens with zero attached hydrogens (tertiary/aromatic N) is 1. The van der Waals surface area contributed by atoms with Gasteiger partial charge in [-0.25, -0.2) is 0 Å². The average molecular weight is 362 g/mol. The van der Waals surface area contributed by atoms with Gasteiger partial charge in [0.25, 0.3) is 0 Å². The largest absolute Gasteiger partial charge is 0.497 e. The van der Waals surface area contributed by atoms with Gasteiger partial charge in [-0.1, -0.05) is 6.92 Å². The molecule has 6 heteroatoms. The molecule has 0 aliphatic carbocycles. The Morgan fingerprint density at radius 1 is 1.27 bits per heavy atom. The van der Waals surface area contributed by atoms with E-state index in [1.165, 1.54) is 0 Å². The fourth-order valence-corrected chi connectivity index (χ4v) is 3.37. The molecule has 1 aromatic carbocycles. The van der Waals surface area contributed by atoms with Crippen LogP contribution < -0.4 is 14.8 Å². The van der Waals surface area contributed by atoms with E-state index in [1.807, 2.05) is 30.0 Å². The zero-order chi connectivity index (χ0) is 18.9. The standard InChI is InChI=1S/C20H30N2O4/c1-4-20(24)22-11-5-6-15(14-22)7-10-19(23)21-13-16-8-9-17(25-2)12-18(16)26-3/h8-9,12,15H,4-7,10-11,13-14H2,1-3H3,(H,21,23)/t15-/m1/s1. The molecule has 1 aliphatic heterocycles. The Morgan fingerprint density at radius 3 is 2.77 bits per heavy atom. The number of nitrogens with one attached hydrogen (secondary N) is 1. The van der Waals surface area contributed by atoms with Crippen LogP contribution in [-0.4, -0.2) is 44.0 Å². The van der Waals surface area contributed by atoms with Crippen LogP contribution in [0.15, 0.2) is 18.2 Å². The SMILES string of the molecule is CCC(=O)N1CCC[C@H](CCC(=O)NCc2ccc(OC)cc2OC)C1. The van der Waals surface area contributed by atoms with E-state index in [1.54, 1.807) is 14.2 Å². The molecule has 0 bridgehead atoms. The summed E-state index contributed by atoms with van der Waals surface area (Å²) in [6.45, 7) is 3.96. The van der Waals surface area contributed by atoms with E-state index in [9.17, 15) is 9.59 Å².